The van der Waals surface area contributed by atoms with Crippen LogP contribution in [0.5, 0.6) is 0 Å². The molecule has 1 aromatic heterocycles. The number of nitro benzene ring substituents is 1. The monoisotopic (exact) mass is 293 g/mol. The van der Waals surface area contributed by atoms with Crippen LogP contribution in [-0.4, -0.2) is 34.1 Å². The Morgan fingerprint density at radius 2 is 2.30 bits per heavy atom. The Kier molecular flexibility index (Phi) is 3.01. The summed E-state index contributed by atoms with van der Waals surface area (Å²) in [5, 5.41) is 20.0. The first-order valence-corrected chi connectivity index (χ1v) is 6.91. The predicted molar refractivity (Wildman–Crippen MR) is 74.2 cm³/mol. The molecule has 0 aliphatic carbocycles. The molecule has 1 saturated heterocycles. The van der Waals surface area contributed by atoms with Gasteiger partial charge in [0.1, 0.15) is 5.69 Å². The second-order valence-electron chi connectivity index (χ2n) is 4.76. The number of benzene rings is 1. The number of fused-ring (bicyclic) bond motifs is 1. The molecule has 0 amide bonds. The van der Waals surface area contributed by atoms with Crippen molar-refractivity contribution in [3.8, 4) is 0 Å². The number of aromatic nitrogens is 1. The number of nitro groups is 1. The molecule has 0 saturated carbocycles. The highest BCUT2D eigenvalue weighted by molar-refractivity contribution is 7.16. The standard InChI is InChI=1S/C12H11N3O4S/c16-10(17)3-7-4-14(5-7)8-1-2-9-11(13-6-20-9)12(8)15(18)19/h1-2,6-7H,3-5H2,(H,16,17). The molecule has 3 rings (SSSR count). The minimum Gasteiger partial charge on any atom is -0.481 e. The minimum atomic E-state index is -0.834. The lowest BCUT2D eigenvalue weighted by atomic mass is 9.95. The van der Waals surface area contributed by atoms with E-state index in [0.29, 0.717) is 24.3 Å². The second kappa shape index (κ2) is 4.71. The molecular weight excluding hydrogens is 282 g/mol. The molecule has 1 N–H and O–H groups in total. The molecule has 2 heterocycles. The van der Waals surface area contributed by atoms with Gasteiger partial charge in [-0.05, 0) is 12.1 Å². The number of nitrogens with zero attached hydrogens (tertiary/aromatic N) is 3. The lowest BCUT2D eigenvalue weighted by Crippen LogP contribution is -2.47. The van der Waals surface area contributed by atoms with E-state index < -0.39 is 10.9 Å². The van der Waals surface area contributed by atoms with E-state index in [-0.39, 0.29) is 18.0 Å². The Hall–Kier alpha value is -2.22. The van der Waals surface area contributed by atoms with Crippen molar-refractivity contribution in [1.29, 1.82) is 0 Å². The molecule has 0 radical (unpaired) electrons. The van der Waals surface area contributed by atoms with Gasteiger partial charge in [0.05, 0.1) is 21.6 Å². The maximum absolute atomic E-state index is 11.3. The summed E-state index contributed by atoms with van der Waals surface area (Å²) in [4.78, 5) is 27.4. The number of anilines is 1. The lowest BCUT2D eigenvalue weighted by Gasteiger charge is -2.39. The van der Waals surface area contributed by atoms with E-state index in [4.69, 9.17) is 5.11 Å². The van der Waals surface area contributed by atoms with Crippen LogP contribution in [0, 0.1) is 16.0 Å². The van der Waals surface area contributed by atoms with Crippen LogP contribution >= 0.6 is 11.3 Å². The quantitative estimate of drug-likeness (QED) is 0.685. The number of carbonyl (C=O) groups is 1. The number of hydrogen-bond donors (Lipinski definition) is 1. The van der Waals surface area contributed by atoms with Crippen molar-refractivity contribution in [3.63, 3.8) is 0 Å². The first-order chi connectivity index (χ1) is 9.56. The summed E-state index contributed by atoms with van der Waals surface area (Å²) in [6.45, 7) is 1.06. The Labute approximate surface area is 117 Å². The molecule has 0 unspecified atom stereocenters. The highest BCUT2D eigenvalue weighted by atomic mass is 32.1. The van der Waals surface area contributed by atoms with Crippen LogP contribution in [0.4, 0.5) is 11.4 Å². The van der Waals surface area contributed by atoms with E-state index >= 15 is 0 Å². The molecule has 7 nitrogen and oxygen atoms in total. The third-order valence-corrected chi connectivity index (χ3v) is 4.19. The molecule has 2 aromatic rings. The molecule has 1 fully saturated rings. The summed E-state index contributed by atoms with van der Waals surface area (Å²) in [5.74, 6) is -0.780. The van der Waals surface area contributed by atoms with E-state index in [0.717, 1.165) is 4.70 Å². The zero-order valence-corrected chi connectivity index (χ0v) is 11.2. The molecular formula is C12H11N3O4S. The Bertz CT molecular complexity index is 693. The largest absolute Gasteiger partial charge is 0.481 e. The molecule has 0 spiro atoms. The van der Waals surface area contributed by atoms with E-state index in [1.165, 1.54) is 11.3 Å². The van der Waals surface area contributed by atoms with Crippen molar-refractivity contribution in [3.05, 3.63) is 27.8 Å². The van der Waals surface area contributed by atoms with E-state index in [2.05, 4.69) is 4.98 Å². The van der Waals surface area contributed by atoms with Gasteiger partial charge in [0.2, 0.25) is 0 Å². The van der Waals surface area contributed by atoms with Gasteiger partial charge in [-0.2, -0.15) is 0 Å². The van der Waals surface area contributed by atoms with E-state index in [1.807, 2.05) is 11.0 Å². The normalized spacial score (nSPS) is 15.3. The number of rotatable bonds is 4. The maximum atomic E-state index is 11.3. The van der Waals surface area contributed by atoms with Crippen LogP contribution in [0.25, 0.3) is 10.2 Å². The summed E-state index contributed by atoms with van der Waals surface area (Å²) in [6.07, 6.45) is 0.100. The van der Waals surface area contributed by atoms with Gasteiger partial charge in [0, 0.05) is 19.0 Å². The summed E-state index contributed by atoms with van der Waals surface area (Å²) in [7, 11) is 0. The van der Waals surface area contributed by atoms with Crippen molar-refractivity contribution in [1.82, 2.24) is 4.98 Å². The average molecular weight is 293 g/mol. The highest BCUT2D eigenvalue weighted by Crippen LogP contribution is 2.39. The molecule has 1 aromatic carbocycles. The molecule has 8 heteroatoms. The summed E-state index contributed by atoms with van der Waals surface area (Å²) >= 11 is 1.36. The second-order valence-corrected chi connectivity index (χ2v) is 5.64. The van der Waals surface area contributed by atoms with Gasteiger partial charge in [-0.15, -0.1) is 11.3 Å². The SMILES string of the molecule is O=C(O)CC1CN(c2ccc3scnc3c2[N+](=O)[O-])C1. The number of carboxylic acids is 1. The number of aliphatic carboxylic acids is 1. The molecule has 1 aliphatic heterocycles. The van der Waals surface area contributed by atoms with Crippen LogP contribution < -0.4 is 4.90 Å². The predicted octanol–water partition coefficient (Wildman–Crippen LogP) is 2.12. The first kappa shape index (κ1) is 12.8. The van der Waals surface area contributed by atoms with Gasteiger partial charge < -0.3 is 10.0 Å². The van der Waals surface area contributed by atoms with Crippen LogP contribution in [0.1, 0.15) is 6.42 Å². The van der Waals surface area contributed by atoms with Gasteiger partial charge in [0.15, 0.2) is 5.52 Å². The highest BCUT2D eigenvalue weighted by Gasteiger charge is 2.34. The van der Waals surface area contributed by atoms with E-state index in [9.17, 15) is 14.9 Å². The fourth-order valence-corrected chi connectivity index (χ4v) is 3.16. The molecule has 0 atom stereocenters. The summed E-state index contributed by atoms with van der Waals surface area (Å²) < 4.78 is 0.781. The first-order valence-electron chi connectivity index (χ1n) is 6.03. The van der Waals surface area contributed by atoms with Crippen molar-refractivity contribution in [2.75, 3.05) is 18.0 Å². The van der Waals surface area contributed by atoms with Gasteiger partial charge in [-0.25, -0.2) is 4.98 Å². The molecule has 20 heavy (non-hydrogen) atoms. The Morgan fingerprint density at radius 1 is 1.55 bits per heavy atom. The molecule has 0 bridgehead atoms. The summed E-state index contributed by atoms with van der Waals surface area (Å²) in [5.41, 5.74) is 2.52. The fourth-order valence-electron chi connectivity index (χ4n) is 2.48. The van der Waals surface area contributed by atoms with Gasteiger partial charge in [-0.3, -0.25) is 14.9 Å². The average Bonchev–Trinajstić information content (AvgIpc) is 2.79. The van der Waals surface area contributed by atoms with Crippen molar-refractivity contribution in [2.24, 2.45) is 5.92 Å². The molecule has 104 valence electrons. The third-order valence-electron chi connectivity index (χ3n) is 3.40. The van der Waals surface area contributed by atoms with Gasteiger partial charge in [0.25, 0.3) is 0 Å². The Morgan fingerprint density at radius 3 is 2.95 bits per heavy atom. The van der Waals surface area contributed by atoms with E-state index in [1.54, 1.807) is 11.6 Å². The smallest absolute Gasteiger partial charge is 0.319 e. The van der Waals surface area contributed by atoms with Gasteiger partial charge in [-0.1, -0.05) is 0 Å². The third kappa shape index (κ3) is 2.07. The van der Waals surface area contributed by atoms with Crippen molar-refractivity contribution >= 4 is 38.9 Å². The van der Waals surface area contributed by atoms with Crippen LogP contribution in [-0.2, 0) is 4.79 Å². The fraction of sp³-hybridized carbons (Fsp3) is 0.333. The molecule has 1 aliphatic rings. The topological polar surface area (TPSA) is 96.6 Å². The van der Waals surface area contributed by atoms with Crippen LogP contribution in [0.3, 0.4) is 0 Å². The van der Waals surface area contributed by atoms with Gasteiger partial charge >= 0.3 is 11.7 Å². The van der Waals surface area contributed by atoms with Crippen molar-refractivity contribution in [2.45, 2.75) is 6.42 Å². The van der Waals surface area contributed by atoms with Crippen molar-refractivity contribution < 1.29 is 14.8 Å². The Balaban J connectivity index is 1.91. The zero-order chi connectivity index (χ0) is 14.3. The van der Waals surface area contributed by atoms with Crippen LogP contribution in [0.2, 0.25) is 0 Å². The zero-order valence-electron chi connectivity index (χ0n) is 10.4. The number of carboxylic acid groups (broad SMARTS) is 1. The minimum absolute atomic E-state index is 0.0116. The maximum Gasteiger partial charge on any atom is 0.319 e. The van der Waals surface area contributed by atoms with Crippen LogP contribution in [0.15, 0.2) is 17.6 Å². The number of hydrogen-bond acceptors (Lipinski definition) is 6. The number of thiazole rings is 1. The summed E-state index contributed by atoms with van der Waals surface area (Å²) in [6, 6.07) is 3.54. The lowest BCUT2D eigenvalue weighted by molar-refractivity contribution is -0.382.